The molecule has 4 N–H and O–H groups in total. The van der Waals surface area contributed by atoms with E-state index in [2.05, 4.69) is 10.2 Å². The first-order valence-corrected chi connectivity index (χ1v) is 8.39. The number of nitrogens with zero attached hydrogens (tertiary/aromatic N) is 1. The van der Waals surface area contributed by atoms with E-state index in [0.29, 0.717) is 11.5 Å². The topological polar surface area (TPSA) is 61.5 Å². The van der Waals surface area contributed by atoms with Crippen molar-refractivity contribution in [3.05, 3.63) is 23.5 Å². The summed E-state index contributed by atoms with van der Waals surface area (Å²) in [4.78, 5) is 2.39. The number of nitrogens with two attached hydrogens (primary N) is 1. The molecule has 0 unspecified atom stereocenters. The summed E-state index contributed by atoms with van der Waals surface area (Å²) in [5.41, 5.74) is 6.61. The summed E-state index contributed by atoms with van der Waals surface area (Å²) in [7, 11) is 0. The predicted molar refractivity (Wildman–Crippen MR) is 86.2 cm³/mol. The third-order valence-electron chi connectivity index (χ3n) is 5.09. The summed E-state index contributed by atoms with van der Waals surface area (Å²) in [6.07, 6.45) is 6.01. The van der Waals surface area contributed by atoms with E-state index >= 15 is 0 Å². The highest BCUT2D eigenvalue weighted by atomic mass is 19.1. The van der Waals surface area contributed by atoms with Gasteiger partial charge in [-0.05, 0) is 24.8 Å². The van der Waals surface area contributed by atoms with Crippen molar-refractivity contribution in [1.29, 1.82) is 0 Å². The molecule has 3 rings (SSSR count). The maximum absolute atomic E-state index is 13.9. The van der Waals surface area contributed by atoms with Gasteiger partial charge in [-0.3, -0.25) is 4.90 Å². The number of aromatic hydroxyl groups is 1. The quantitative estimate of drug-likeness (QED) is 0.593. The number of rotatable bonds is 3. The molecular formula is C17H26FN3O. The van der Waals surface area contributed by atoms with Crippen LogP contribution in [-0.2, 0) is 0 Å². The lowest BCUT2D eigenvalue weighted by Crippen LogP contribution is -2.47. The first kappa shape index (κ1) is 15.6. The number of nitrogen functional groups attached to an aromatic ring is 1. The Balaban J connectivity index is 1.96. The molecule has 0 amide bonds. The van der Waals surface area contributed by atoms with Gasteiger partial charge in [0.2, 0.25) is 0 Å². The summed E-state index contributed by atoms with van der Waals surface area (Å²) >= 11 is 0. The molecule has 1 aromatic rings. The highest BCUT2D eigenvalue weighted by Crippen LogP contribution is 2.43. The van der Waals surface area contributed by atoms with Crippen LogP contribution in [0.4, 0.5) is 10.1 Å². The van der Waals surface area contributed by atoms with Crippen LogP contribution in [0.3, 0.4) is 0 Å². The standard InChI is InChI=1S/C17H26FN3O/c18-13-10-14(17(22)15(19)11-13)16(12-4-2-1-3-5-12)21-8-6-20-7-9-21/h10-12,16,20,22H,1-9,19H2/t16-/m0/s1. The second-order valence-corrected chi connectivity index (χ2v) is 6.56. The van der Waals surface area contributed by atoms with Crippen LogP contribution in [0.25, 0.3) is 0 Å². The zero-order valence-corrected chi connectivity index (χ0v) is 13.0. The van der Waals surface area contributed by atoms with E-state index in [0.717, 1.165) is 39.0 Å². The summed E-state index contributed by atoms with van der Waals surface area (Å²) in [5, 5.41) is 13.8. The lowest BCUT2D eigenvalue weighted by molar-refractivity contribution is 0.101. The molecular weight excluding hydrogens is 281 g/mol. The number of phenolic OH excluding ortho intramolecular Hbond substituents is 1. The zero-order valence-electron chi connectivity index (χ0n) is 13.0. The number of anilines is 1. The highest BCUT2D eigenvalue weighted by molar-refractivity contribution is 5.57. The number of piperazine rings is 1. The molecule has 5 heteroatoms. The Morgan fingerprint density at radius 2 is 1.86 bits per heavy atom. The van der Waals surface area contributed by atoms with Gasteiger partial charge in [-0.15, -0.1) is 0 Å². The van der Waals surface area contributed by atoms with Gasteiger partial charge in [-0.25, -0.2) is 4.39 Å². The van der Waals surface area contributed by atoms with Crippen molar-refractivity contribution in [3.8, 4) is 5.75 Å². The van der Waals surface area contributed by atoms with Crippen LogP contribution in [0.15, 0.2) is 12.1 Å². The minimum Gasteiger partial charge on any atom is -0.505 e. The van der Waals surface area contributed by atoms with Crippen molar-refractivity contribution in [3.63, 3.8) is 0 Å². The van der Waals surface area contributed by atoms with Crippen LogP contribution in [0.2, 0.25) is 0 Å². The highest BCUT2D eigenvalue weighted by Gasteiger charge is 2.33. The molecule has 1 aromatic carbocycles. The molecule has 122 valence electrons. The van der Waals surface area contributed by atoms with Crippen molar-refractivity contribution >= 4 is 5.69 Å². The second-order valence-electron chi connectivity index (χ2n) is 6.56. The molecule has 2 aliphatic rings. The Morgan fingerprint density at radius 1 is 1.18 bits per heavy atom. The van der Waals surface area contributed by atoms with Gasteiger partial charge in [-0.1, -0.05) is 19.3 Å². The molecule has 2 fully saturated rings. The molecule has 4 nitrogen and oxygen atoms in total. The molecule has 1 aliphatic carbocycles. The number of halogens is 1. The lowest BCUT2D eigenvalue weighted by atomic mass is 9.79. The summed E-state index contributed by atoms with van der Waals surface area (Å²) < 4.78 is 13.9. The molecule has 1 heterocycles. The number of phenols is 1. The molecule has 0 aromatic heterocycles. The van der Waals surface area contributed by atoms with E-state index in [-0.39, 0.29) is 23.3 Å². The third kappa shape index (κ3) is 3.20. The number of hydrogen-bond acceptors (Lipinski definition) is 4. The maximum atomic E-state index is 13.9. The molecule has 0 bridgehead atoms. The Kier molecular flexibility index (Phi) is 4.84. The van der Waals surface area contributed by atoms with E-state index in [4.69, 9.17) is 5.73 Å². The van der Waals surface area contributed by atoms with Crippen LogP contribution in [-0.4, -0.2) is 36.2 Å². The van der Waals surface area contributed by atoms with Crippen LogP contribution >= 0.6 is 0 Å². The smallest absolute Gasteiger partial charge is 0.143 e. The summed E-state index contributed by atoms with van der Waals surface area (Å²) in [6, 6.07) is 2.75. The Morgan fingerprint density at radius 3 is 2.55 bits per heavy atom. The van der Waals surface area contributed by atoms with Crippen LogP contribution in [0.1, 0.15) is 43.7 Å². The van der Waals surface area contributed by atoms with Gasteiger partial charge in [0.1, 0.15) is 11.6 Å². The van der Waals surface area contributed by atoms with Crippen LogP contribution in [0, 0.1) is 11.7 Å². The van der Waals surface area contributed by atoms with Gasteiger partial charge in [0.05, 0.1) is 5.69 Å². The van der Waals surface area contributed by atoms with Crippen molar-refractivity contribution in [2.45, 2.75) is 38.1 Å². The fraction of sp³-hybridized carbons (Fsp3) is 0.647. The van der Waals surface area contributed by atoms with E-state index < -0.39 is 0 Å². The molecule has 22 heavy (non-hydrogen) atoms. The summed E-state index contributed by atoms with van der Waals surface area (Å²) in [5.74, 6) is 0.177. The van der Waals surface area contributed by atoms with Crippen molar-refractivity contribution in [1.82, 2.24) is 10.2 Å². The molecule has 1 aliphatic heterocycles. The van der Waals surface area contributed by atoms with Crippen molar-refractivity contribution < 1.29 is 9.50 Å². The van der Waals surface area contributed by atoms with Crippen LogP contribution < -0.4 is 11.1 Å². The van der Waals surface area contributed by atoms with Crippen molar-refractivity contribution in [2.24, 2.45) is 5.92 Å². The molecule has 0 radical (unpaired) electrons. The SMILES string of the molecule is Nc1cc(F)cc([C@H](C2CCCCC2)N2CCNCC2)c1O. The maximum Gasteiger partial charge on any atom is 0.143 e. The van der Waals surface area contributed by atoms with E-state index in [1.807, 2.05) is 0 Å². The molecule has 1 atom stereocenters. The Labute approximate surface area is 131 Å². The number of nitrogens with one attached hydrogen (secondary N) is 1. The minimum absolute atomic E-state index is 0.0653. The zero-order chi connectivity index (χ0) is 15.5. The third-order valence-corrected chi connectivity index (χ3v) is 5.09. The average molecular weight is 307 g/mol. The van der Waals surface area contributed by atoms with Gasteiger partial charge in [0.15, 0.2) is 0 Å². The first-order chi connectivity index (χ1) is 10.7. The largest absolute Gasteiger partial charge is 0.505 e. The fourth-order valence-corrected chi connectivity index (χ4v) is 4.03. The average Bonchev–Trinajstić information content (AvgIpc) is 2.54. The van der Waals surface area contributed by atoms with Crippen LogP contribution in [0.5, 0.6) is 5.75 Å². The molecule has 0 spiro atoms. The van der Waals surface area contributed by atoms with Gasteiger partial charge in [0.25, 0.3) is 0 Å². The number of benzene rings is 1. The van der Waals surface area contributed by atoms with Crippen molar-refractivity contribution in [2.75, 3.05) is 31.9 Å². The minimum atomic E-state index is -0.360. The monoisotopic (exact) mass is 307 g/mol. The number of hydrogen-bond donors (Lipinski definition) is 3. The first-order valence-electron chi connectivity index (χ1n) is 8.39. The molecule has 1 saturated heterocycles. The Bertz CT molecular complexity index is 493. The van der Waals surface area contributed by atoms with Gasteiger partial charge in [0, 0.05) is 43.9 Å². The normalized spacial score (nSPS) is 22.6. The van der Waals surface area contributed by atoms with E-state index in [9.17, 15) is 9.50 Å². The van der Waals surface area contributed by atoms with Gasteiger partial charge < -0.3 is 16.2 Å². The predicted octanol–water partition coefficient (Wildman–Crippen LogP) is 2.64. The van der Waals surface area contributed by atoms with E-state index in [1.165, 1.54) is 31.4 Å². The summed E-state index contributed by atoms with van der Waals surface area (Å²) in [6.45, 7) is 3.73. The van der Waals surface area contributed by atoms with Gasteiger partial charge >= 0.3 is 0 Å². The van der Waals surface area contributed by atoms with Gasteiger partial charge in [-0.2, -0.15) is 0 Å². The second kappa shape index (κ2) is 6.84. The lowest BCUT2D eigenvalue weighted by Gasteiger charge is -2.41. The van der Waals surface area contributed by atoms with E-state index in [1.54, 1.807) is 0 Å². The Hall–Kier alpha value is -1.33. The fourth-order valence-electron chi connectivity index (χ4n) is 4.03. The molecule has 1 saturated carbocycles.